The third kappa shape index (κ3) is 1.41. The molecule has 0 atom stereocenters. The van der Waals surface area contributed by atoms with E-state index in [2.05, 4.69) is 5.38 Å². The highest BCUT2D eigenvalue weighted by atomic mass is 35.5. The number of hydrogen-bond acceptors (Lipinski definition) is 3. The van der Waals surface area contributed by atoms with E-state index in [-0.39, 0.29) is 5.54 Å². The summed E-state index contributed by atoms with van der Waals surface area (Å²) in [6.07, 6.45) is 3.34. The quantitative estimate of drug-likeness (QED) is 0.910. The molecule has 0 aliphatic heterocycles. The average molecular weight is 277 g/mol. The molecule has 0 saturated heterocycles. The van der Waals surface area contributed by atoms with E-state index in [0.717, 1.165) is 34.9 Å². The van der Waals surface area contributed by atoms with Crippen LogP contribution in [0.25, 0.3) is 10.6 Å². The van der Waals surface area contributed by atoms with E-state index in [1.807, 2.05) is 24.3 Å². The molecule has 3 saturated carbocycles. The molecular weight excluding hydrogens is 264 g/mol. The smallest absolute Gasteiger partial charge is 0.123 e. The molecule has 2 aromatic rings. The second-order valence-corrected chi connectivity index (χ2v) is 7.01. The summed E-state index contributed by atoms with van der Waals surface area (Å²) in [5.41, 5.74) is 8.95. The number of thiazole rings is 1. The Balaban J connectivity index is 1.65. The Labute approximate surface area is 115 Å². The first-order valence-electron chi connectivity index (χ1n) is 6.10. The van der Waals surface area contributed by atoms with Gasteiger partial charge in [0.15, 0.2) is 0 Å². The van der Waals surface area contributed by atoms with Crippen LogP contribution in [0.15, 0.2) is 29.6 Å². The average Bonchev–Trinajstić information content (AvgIpc) is 2.74. The zero-order valence-electron chi connectivity index (χ0n) is 9.82. The number of rotatable bonds is 2. The van der Waals surface area contributed by atoms with Crippen LogP contribution in [0.5, 0.6) is 0 Å². The Morgan fingerprint density at radius 3 is 2.44 bits per heavy atom. The fraction of sp³-hybridized carbons (Fsp3) is 0.357. The van der Waals surface area contributed by atoms with Gasteiger partial charge in [0, 0.05) is 26.9 Å². The number of halogens is 1. The Morgan fingerprint density at radius 2 is 1.83 bits per heavy atom. The van der Waals surface area contributed by atoms with Crippen molar-refractivity contribution in [2.45, 2.75) is 30.2 Å². The summed E-state index contributed by atoms with van der Waals surface area (Å²) in [7, 11) is 0. The predicted octanol–water partition coefficient (Wildman–Crippen LogP) is 3.60. The molecule has 3 fully saturated rings. The molecule has 2 N–H and O–H groups in total. The molecule has 0 radical (unpaired) electrons. The van der Waals surface area contributed by atoms with E-state index < -0.39 is 0 Å². The maximum absolute atomic E-state index is 6.11. The van der Waals surface area contributed by atoms with Crippen LogP contribution in [0, 0.1) is 0 Å². The minimum Gasteiger partial charge on any atom is -0.325 e. The lowest BCUT2D eigenvalue weighted by molar-refractivity contribution is -0.0615. The summed E-state index contributed by atoms with van der Waals surface area (Å²) >= 11 is 7.61. The molecule has 0 unspecified atom stereocenters. The van der Waals surface area contributed by atoms with Crippen LogP contribution in [-0.2, 0) is 5.41 Å². The lowest BCUT2D eigenvalue weighted by atomic mass is 9.39. The first-order valence-corrected chi connectivity index (χ1v) is 7.35. The van der Waals surface area contributed by atoms with Crippen molar-refractivity contribution in [2.75, 3.05) is 0 Å². The van der Waals surface area contributed by atoms with Crippen molar-refractivity contribution in [3.8, 4) is 10.6 Å². The molecule has 0 spiro atoms. The largest absolute Gasteiger partial charge is 0.325 e. The van der Waals surface area contributed by atoms with Gasteiger partial charge in [-0.1, -0.05) is 23.7 Å². The van der Waals surface area contributed by atoms with Crippen LogP contribution in [-0.4, -0.2) is 10.5 Å². The van der Waals surface area contributed by atoms with Gasteiger partial charge in [0.2, 0.25) is 0 Å². The minimum absolute atomic E-state index is 0.143. The van der Waals surface area contributed by atoms with Crippen molar-refractivity contribution in [2.24, 2.45) is 5.73 Å². The molecule has 2 bridgehead atoms. The Hall–Kier alpha value is -0.900. The molecule has 92 valence electrons. The van der Waals surface area contributed by atoms with E-state index in [4.69, 9.17) is 22.3 Å². The van der Waals surface area contributed by atoms with Crippen molar-refractivity contribution in [1.29, 1.82) is 0 Å². The Kier molecular flexibility index (Phi) is 2.04. The normalized spacial score (nSPS) is 32.8. The second-order valence-electron chi connectivity index (χ2n) is 5.72. The highest BCUT2D eigenvalue weighted by Crippen LogP contribution is 2.66. The molecule has 0 amide bonds. The van der Waals surface area contributed by atoms with Crippen molar-refractivity contribution < 1.29 is 0 Å². The number of nitrogens with two attached hydrogens (primary N) is 1. The van der Waals surface area contributed by atoms with Gasteiger partial charge in [-0.05, 0) is 31.4 Å². The zero-order valence-corrected chi connectivity index (χ0v) is 11.4. The third-order valence-electron chi connectivity index (χ3n) is 4.21. The summed E-state index contributed by atoms with van der Waals surface area (Å²) in [6, 6.07) is 7.87. The van der Waals surface area contributed by atoms with E-state index in [1.54, 1.807) is 11.3 Å². The third-order valence-corrected chi connectivity index (χ3v) is 5.35. The van der Waals surface area contributed by atoms with E-state index in [1.165, 1.54) is 5.69 Å². The van der Waals surface area contributed by atoms with Crippen LogP contribution in [0.2, 0.25) is 5.02 Å². The molecule has 18 heavy (non-hydrogen) atoms. The summed E-state index contributed by atoms with van der Waals surface area (Å²) < 4.78 is 0. The molecule has 3 aliphatic rings. The molecule has 3 aliphatic carbocycles. The number of nitrogens with zero attached hydrogens (tertiary/aromatic N) is 1. The van der Waals surface area contributed by atoms with Crippen LogP contribution in [0.3, 0.4) is 0 Å². The van der Waals surface area contributed by atoms with Crippen LogP contribution in [0.4, 0.5) is 0 Å². The number of benzene rings is 1. The van der Waals surface area contributed by atoms with Crippen molar-refractivity contribution in [3.05, 3.63) is 40.4 Å². The van der Waals surface area contributed by atoms with Gasteiger partial charge >= 0.3 is 0 Å². The fourth-order valence-corrected chi connectivity index (χ4v) is 4.46. The van der Waals surface area contributed by atoms with Gasteiger partial charge in [-0.2, -0.15) is 0 Å². The van der Waals surface area contributed by atoms with Gasteiger partial charge < -0.3 is 5.73 Å². The van der Waals surface area contributed by atoms with Gasteiger partial charge in [0.25, 0.3) is 0 Å². The van der Waals surface area contributed by atoms with E-state index >= 15 is 0 Å². The Morgan fingerprint density at radius 1 is 1.17 bits per heavy atom. The maximum atomic E-state index is 6.11. The van der Waals surface area contributed by atoms with Crippen LogP contribution < -0.4 is 5.73 Å². The summed E-state index contributed by atoms with van der Waals surface area (Å²) in [5.74, 6) is 0. The van der Waals surface area contributed by atoms with E-state index in [9.17, 15) is 0 Å². The maximum Gasteiger partial charge on any atom is 0.123 e. The SMILES string of the molecule is NC12CC(c3csc(-c4ccc(Cl)cc4)n3)(C1)C2. The molecular formula is C14H13ClN2S. The van der Waals surface area contributed by atoms with Gasteiger partial charge in [-0.3, -0.25) is 0 Å². The number of aromatic nitrogens is 1. The lowest BCUT2D eigenvalue weighted by Gasteiger charge is -2.68. The lowest BCUT2D eigenvalue weighted by Crippen LogP contribution is -2.74. The minimum atomic E-state index is 0.143. The molecule has 1 aromatic heterocycles. The van der Waals surface area contributed by atoms with Gasteiger partial charge in [0.05, 0.1) is 5.69 Å². The van der Waals surface area contributed by atoms with E-state index in [0.29, 0.717) is 5.41 Å². The monoisotopic (exact) mass is 276 g/mol. The van der Waals surface area contributed by atoms with Gasteiger partial charge in [-0.25, -0.2) is 4.98 Å². The summed E-state index contributed by atoms with van der Waals surface area (Å²) in [5, 5.41) is 4.04. The molecule has 5 rings (SSSR count). The highest BCUT2D eigenvalue weighted by Gasteiger charge is 2.67. The predicted molar refractivity (Wildman–Crippen MR) is 75.0 cm³/mol. The van der Waals surface area contributed by atoms with Crippen molar-refractivity contribution in [1.82, 2.24) is 4.98 Å². The van der Waals surface area contributed by atoms with Crippen molar-refractivity contribution in [3.63, 3.8) is 0 Å². The van der Waals surface area contributed by atoms with Crippen LogP contribution >= 0.6 is 22.9 Å². The fourth-order valence-electron chi connectivity index (χ4n) is 3.38. The molecule has 1 aromatic carbocycles. The van der Waals surface area contributed by atoms with Crippen molar-refractivity contribution >= 4 is 22.9 Å². The van der Waals surface area contributed by atoms with Gasteiger partial charge in [0.1, 0.15) is 5.01 Å². The summed E-state index contributed by atoms with van der Waals surface area (Å²) in [6.45, 7) is 0. The second kappa shape index (κ2) is 3.35. The molecule has 4 heteroatoms. The topological polar surface area (TPSA) is 38.9 Å². The first kappa shape index (κ1) is 11.0. The molecule has 2 nitrogen and oxygen atoms in total. The standard InChI is InChI=1S/C14H13ClN2S/c15-10-3-1-9(2-4-10)12-17-11(5-18-12)13-6-14(16,7-13)8-13/h1-5H,6-8,16H2. The Bertz CT molecular complexity index is 597. The highest BCUT2D eigenvalue weighted by molar-refractivity contribution is 7.13. The van der Waals surface area contributed by atoms with Gasteiger partial charge in [-0.15, -0.1) is 11.3 Å². The zero-order chi connectivity index (χ0) is 12.4. The first-order chi connectivity index (χ1) is 8.59. The summed E-state index contributed by atoms with van der Waals surface area (Å²) in [4.78, 5) is 4.79. The number of hydrogen-bond donors (Lipinski definition) is 1. The molecule has 1 heterocycles. The van der Waals surface area contributed by atoms with Crippen LogP contribution in [0.1, 0.15) is 25.0 Å².